The molecular formula is C10H20N2O. The summed E-state index contributed by atoms with van der Waals surface area (Å²) in [6, 6.07) is 0.413. The fourth-order valence-electron chi connectivity index (χ4n) is 1.80. The summed E-state index contributed by atoms with van der Waals surface area (Å²) in [4.78, 5) is 4.48. The molecule has 2 N–H and O–H groups in total. The lowest BCUT2D eigenvalue weighted by molar-refractivity contribution is 0.108. The Hall–Kier alpha value is -0.570. The zero-order valence-electron chi connectivity index (χ0n) is 8.62. The van der Waals surface area contributed by atoms with Crippen LogP contribution in [0.5, 0.6) is 0 Å². The van der Waals surface area contributed by atoms with Gasteiger partial charge in [-0.2, -0.15) is 0 Å². The summed E-state index contributed by atoms with van der Waals surface area (Å²) in [7, 11) is 1.77. The zero-order valence-corrected chi connectivity index (χ0v) is 8.62. The first-order valence-electron chi connectivity index (χ1n) is 5.11. The van der Waals surface area contributed by atoms with E-state index in [1.165, 1.54) is 0 Å². The number of nitrogens with zero attached hydrogens (tertiary/aromatic N) is 1. The Balaban J connectivity index is 2.34. The van der Waals surface area contributed by atoms with Crippen LogP contribution < -0.4 is 5.73 Å². The molecule has 3 nitrogen and oxygen atoms in total. The second-order valence-electron chi connectivity index (χ2n) is 3.70. The first-order chi connectivity index (χ1) is 6.26. The number of amidine groups is 1. The van der Waals surface area contributed by atoms with E-state index in [2.05, 4.69) is 11.9 Å². The number of ether oxygens (including phenoxy) is 1. The number of rotatable bonds is 4. The quantitative estimate of drug-likeness (QED) is 0.534. The van der Waals surface area contributed by atoms with Crippen LogP contribution in [0.1, 0.15) is 39.0 Å². The van der Waals surface area contributed by atoms with E-state index >= 15 is 0 Å². The van der Waals surface area contributed by atoms with Crippen LogP contribution in [0.15, 0.2) is 4.99 Å². The van der Waals surface area contributed by atoms with Crippen molar-refractivity contribution in [2.75, 3.05) is 7.11 Å². The molecule has 0 saturated heterocycles. The van der Waals surface area contributed by atoms with Crippen LogP contribution in [0.2, 0.25) is 0 Å². The number of nitrogens with two attached hydrogens (primary N) is 1. The van der Waals surface area contributed by atoms with Crippen LogP contribution in [0.4, 0.5) is 0 Å². The Morgan fingerprint density at radius 3 is 2.85 bits per heavy atom. The molecule has 2 unspecified atom stereocenters. The maximum absolute atomic E-state index is 5.76. The molecule has 1 aliphatic rings. The maximum Gasteiger partial charge on any atom is 0.0940 e. The Morgan fingerprint density at radius 2 is 2.31 bits per heavy atom. The van der Waals surface area contributed by atoms with Gasteiger partial charge in [0.25, 0.3) is 0 Å². The van der Waals surface area contributed by atoms with Crippen molar-refractivity contribution < 1.29 is 4.74 Å². The van der Waals surface area contributed by atoms with Crippen LogP contribution in [-0.4, -0.2) is 25.1 Å². The fourth-order valence-corrected chi connectivity index (χ4v) is 1.80. The van der Waals surface area contributed by atoms with Crippen LogP contribution in [0, 0.1) is 0 Å². The summed E-state index contributed by atoms with van der Waals surface area (Å²) < 4.78 is 5.27. The minimum absolute atomic E-state index is 0.406. The molecule has 2 atom stereocenters. The van der Waals surface area contributed by atoms with Gasteiger partial charge >= 0.3 is 0 Å². The molecule has 1 rings (SSSR count). The highest BCUT2D eigenvalue weighted by Crippen LogP contribution is 2.24. The lowest BCUT2D eigenvalue weighted by Crippen LogP contribution is -2.15. The van der Waals surface area contributed by atoms with Crippen LogP contribution in [-0.2, 0) is 4.74 Å². The van der Waals surface area contributed by atoms with Gasteiger partial charge in [-0.25, -0.2) is 0 Å². The number of methoxy groups -OCH3 is 1. The summed E-state index contributed by atoms with van der Waals surface area (Å²) in [6.07, 6.45) is 5.71. The Kier molecular flexibility index (Phi) is 4.22. The van der Waals surface area contributed by atoms with E-state index in [-0.39, 0.29) is 0 Å². The Morgan fingerprint density at radius 1 is 1.54 bits per heavy atom. The van der Waals surface area contributed by atoms with E-state index in [4.69, 9.17) is 10.5 Å². The van der Waals surface area contributed by atoms with Gasteiger partial charge in [0, 0.05) is 13.5 Å². The number of aliphatic imine (C=N–C) groups is 1. The van der Waals surface area contributed by atoms with Crippen molar-refractivity contribution in [3.8, 4) is 0 Å². The van der Waals surface area contributed by atoms with E-state index in [9.17, 15) is 0 Å². The molecule has 1 fully saturated rings. The molecule has 0 bridgehead atoms. The highest BCUT2D eigenvalue weighted by Gasteiger charge is 2.23. The van der Waals surface area contributed by atoms with Crippen LogP contribution in [0.25, 0.3) is 0 Å². The van der Waals surface area contributed by atoms with Crippen molar-refractivity contribution in [2.45, 2.75) is 51.2 Å². The highest BCUT2D eigenvalue weighted by molar-refractivity contribution is 5.80. The second kappa shape index (κ2) is 5.22. The smallest absolute Gasteiger partial charge is 0.0940 e. The molecule has 1 saturated carbocycles. The van der Waals surface area contributed by atoms with Gasteiger partial charge in [0.15, 0.2) is 0 Å². The van der Waals surface area contributed by atoms with Gasteiger partial charge in [-0.15, -0.1) is 0 Å². The van der Waals surface area contributed by atoms with Gasteiger partial charge in [0.2, 0.25) is 0 Å². The molecule has 76 valence electrons. The summed E-state index contributed by atoms with van der Waals surface area (Å²) in [5.41, 5.74) is 5.76. The van der Waals surface area contributed by atoms with E-state index < -0.39 is 0 Å². The topological polar surface area (TPSA) is 47.6 Å². The average Bonchev–Trinajstić information content (AvgIpc) is 2.52. The predicted molar refractivity (Wildman–Crippen MR) is 55.0 cm³/mol. The van der Waals surface area contributed by atoms with Gasteiger partial charge in [0.1, 0.15) is 0 Å². The summed E-state index contributed by atoms with van der Waals surface area (Å²) >= 11 is 0. The zero-order chi connectivity index (χ0) is 9.68. The predicted octanol–water partition coefficient (Wildman–Crippen LogP) is 1.71. The van der Waals surface area contributed by atoms with Crippen LogP contribution in [0.3, 0.4) is 0 Å². The van der Waals surface area contributed by atoms with E-state index in [1.54, 1.807) is 7.11 Å². The monoisotopic (exact) mass is 184 g/mol. The molecule has 3 heteroatoms. The molecule has 1 aliphatic carbocycles. The van der Waals surface area contributed by atoms with E-state index in [0.29, 0.717) is 12.1 Å². The lowest BCUT2D eigenvalue weighted by atomic mass is 10.2. The maximum atomic E-state index is 5.76. The Bertz CT molecular complexity index is 180. The standard InChI is InChI=1S/C10H20N2O/c1-3-4-10(11)12-8-5-6-9(7-8)13-2/h8-9H,3-7H2,1-2H3,(H2,11,12). The van der Waals surface area contributed by atoms with Gasteiger partial charge in [0.05, 0.1) is 18.0 Å². The van der Waals surface area contributed by atoms with Crippen molar-refractivity contribution in [1.82, 2.24) is 0 Å². The third-order valence-electron chi connectivity index (χ3n) is 2.54. The van der Waals surface area contributed by atoms with Crippen molar-refractivity contribution >= 4 is 5.84 Å². The van der Waals surface area contributed by atoms with Crippen molar-refractivity contribution in [1.29, 1.82) is 0 Å². The first kappa shape index (κ1) is 10.5. The van der Waals surface area contributed by atoms with E-state index in [0.717, 1.165) is 37.9 Å². The summed E-state index contributed by atoms with van der Waals surface area (Å²) in [6.45, 7) is 2.12. The normalized spacial score (nSPS) is 29.5. The highest BCUT2D eigenvalue weighted by atomic mass is 16.5. The minimum Gasteiger partial charge on any atom is -0.387 e. The molecular weight excluding hydrogens is 164 g/mol. The molecule has 13 heavy (non-hydrogen) atoms. The van der Waals surface area contributed by atoms with Gasteiger partial charge in [-0.1, -0.05) is 6.92 Å². The fraction of sp³-hybridized carbons (Fsp3) is 0.900. The number of hydrogen-bond acceptors (Lipinski definition) is 2. The van der Waals surface area contributed by atoms with Crippen molar-refractivity contribution in [3.63, 3.8) is 0 Å². The third kappa shape index (κ3) is 3.35. The molecule has 0 aliphatic heterocycles. The van der Waals surface area contributed by atoms with Crippen molar-refractivity contribution in [2.24, 2.45) is 10.7 Å². The SMILES string of the molecule is CCCC(N)=NC1CCC(OC)C1. The summed E-state index contributed by atoms with van der Waals surface area (Å²) in [5.74, 6) is 0.809. The van der Waals surface area contributed by atoms with Gasteiger partial charge in [-0.3, -0.25) is 4.99 Å². The van der Waals surface area contributed by atoms with Gasteiger partial charge < -0.3 is 10.5 Å². The number of hydrogen-bond donors (Lipinski definition) is 1. The molecule has 0 aromatic carbocycles. The molecule has 0 radical (unpaired) electrons. The molecule has 0 amide bonds. The molecule has 0 spiro atoms. The van der Waals surface area contributed by atoms with Crippen molar-refractivity contribution in [3.05, 3.63) is 0 Å². The lowest BCUT2D eigenvalue weighted by Gasteiger charge is -2.07. The minimum atomic E-state index is 0.406. The molecule has 0 heterocycles. The van der Waals surface area contributed by atoms with Gasteiger partial charge in [-0.05, 0) is 25.7 Å². The first-order valence-corrected chi connectivity index (χ1v) is 5.11. The molecule has 0 aromatic rings. The third-order valence-corrected chi connectivity index (χ3v) is 2.54. The largest absolute Gasteiger partial charge is 0.387 e. The second-order valence-corrected chi connectivity index (χ2v) is 3.70. The Labute approximate surface area is 80.4 Å². The summed E-state index contributed by atoms with van der Waals surface area (Å²) in [5, 5.41) is 0. The van der Waals surface area contributed by atoms with E-state index in [1.807, 2.05) is 0 Å². The molecule has 0 aromatic heterocycles. The average molecular weight is 184 g/mol. The van der Waals surface area contributed by atoms with Crippen LogP contribution >= 0.6 is 0 Å².